The van der Waals surface area contributed by atoms with Gasteiger partial charge in [-0.25, -0.2) is 0 Å². The van der Waals surface area contributed by atoms with E-state index < -0.39 is 0 Å². The Bertz CT molecular complexity index is 869. The van der Waals surface area contributed by atoms with E-state index in [2.05, 4.69) is 22.6 Å². The third-order valence-electron chi connectivity index (χ3n) is 4.37. The number of hydrogen-bond donors (Lipinski definition) is 0. The Balaban J connectivity index is 1.89. The third kappa shape index (κ3) is 3.58. The Hall–Kier alpha value is -2.21. The minimum absolute atomic E-state index is 0.0291. The Morgan fingerprint density at radius 3 is 2.84 bits per heavy atom. The predicted octanol–water partition coefficient (Wildman–Crippen LogP) is 4.46. The molecule has 1 amide bonds. The highest BCUT2D eigenvalue weighted by Gasteiger charge is 2.22. The van der Waals surface area contributed by atoms with Crippen molar-refractivity contribution >= 4 is 28.4 Å². The molecule has 132 valence electrons. The van der Waals surface area contributed by atoms with Crippen LogP contribution in [0.4, 0.5) is 0 Å². The van der Waals surface area contributed by atoms with Gasteiger partial charge >= 0.3 is 0 Å². The smallest absolute Gasteiger partial charge is 0.267 e. The summed E-state index contributed by atoms with van der Waals surface area (Å²) in [5.74, 6) is 0.958. The number of carbonyl (C=O) groups is 1. The number of nitrogens with zero attached hydrogens (tertiary/aromatic N) is 3. The van der Waals surface area contributed by atoms with Crippen LogP contribution in [0, 0.1) is 0 Å². The molecule has 0 spiro atoms. The fourth-order valence-electron chi connectivity index (χ4n) is 2.95. The number of hydrogen-bond acceptors (Lipinski definition) is 5. The maximum atomic E-state index is 12.8. The van der Waals surface area contributed by atoms with Gasteiger partial charge in [0.05, 0.1) is 5.69 Å². The van der Waals surface area contributed by atoms with E-state index in [0.717, 1.165) is 47.2 Å². The maximum absolute atomic E-state index is 12.8. The van der Waals surface area contributed by atoms with Crippen LogP contribution >= 0.6 is 11.5 Å². The van der Waals surface area contributed by atoms with E-state index in [1.165, 1.54) is 11.5 Å². The molecule has 3 aromatic rings. The van der Waals surface area contributed by atoms with Gasteiger partial charge in [-0.1, -0.05) is 43.0 Å². The van der Waals surface area contributed by atoms with Crippen molar-refractivity contribution in [1.29, 1.82) is 0 Å². The summed E-state index contributed by atoms with van der Waals surface area (Å²) in [4.78, 5) is 15.2. The van der Waals surface area contributed by atoms with Gasteiger partial charge in [0.25, 0.3) is 5.91 Å². The second kappa shape index (κ2) is 7.78. The molecule has 0 unspecified atom stereocenters. The zero-order valence-corrected chi connectivity index (χ0v) is 15.7. The monoisotopic (exact) mass is 357 g/mol. The first-order valence-corrected chi connectivity index (χ1v) is 9.49. The minimum atomic E-state index is -0.0291. The Morgan fingerprint density at radius 1 is 1.28 bits per heavy atom. The standard InChI is InChI=1S/C19H23N3O2S/c1-4-6-10-17-14(13-9-7-8-11-16(13)24-17)12-22(3)19(23)18-15(5-2)20-21-25-18/h7-9,11H,4-6,10,12H2,1-3H3. The lowest BCUT2D eigenvalue weighted by molar-refractivity contribution is 0.0788. The molecule has 3 rings (SSSR count). The average Bonchev–Trinajstić information content (AvgIpc) is 3.24. The van der Waals surface area contributed by atoms with E-state index >= 15 is 0 Å². The number of furan rings is 1. The lowest BCUT2D eigenvalue weighted by Crippen LogP contribution is -2.26. The molecule has 0 saturated heterocycles. The van der Waals surface area contributed by atoms with Crippen LogP contribution in [-0.2, 0) is 19.4 Å². The molecular weight excluding hydrogens is 334 g/mol. The van der Waals surface area contributed by atoms with E-state index in [4.69, 9.17) is 4.42 Å². The van der Waals surface area contributed by atoms with Gasteiger partial charge in [0.15, 0.2) is 0 Å². The van der Waals surface area contributed by atoms with E-state index in [0.29, 0.717) is 17.8 Å². The molecule has 0 saturated carbocycles. The molecule has 5 nitrogen and oxygen atoms in total. The van der Waals surface area contributed by atoms with Crippen LogP contribution in [0.1, 0.15) is 53.4 Å². The number of para-hydroxylation sites is 1. The molecule has 1 aromatic carbocycles. The number of fused-ring (bicyclic) bond motifs is 1. The fraction of sp³-hybridized carbons (Fsp3) is 0.421. The molecule has 0 N–H and O–H groups in total. The molecule has 0 aliphatic heterocycles. The molecule has 25 heavy (non-hydrogen) atoms. The van der Waals surface area contributed by atoms with Crippen molar-refractivity contribution in [3.63, 3.8) is 0 Å². The molecule has 0 aliphatic carbocycles. The predicted molar refractivity (Wildman–Crippen MR) is 99.9 cm³/mol. The van der Waals surface area contributed by atoms with Crippen molar-refractivity contribution < 1.29 is 9.21 Å². The molecule has 2 aromatic heterocycles. The number of amides is 1. The average molecular weight is 357 g/mol. The molecule has 0 bridgehead atoms. The van der Waals surface area contributed by atoms with Crippen LogP contribution in [0.15, 0.2) is 28.7 Å². The Kier molecular flexibility index (Phi) is 5.48. The zero-order chi connectivity index (χ0) is 17.8. The molecule has 2 heterocycles. The SMILES string of the molecule is CCCCc1oc2ccccc2c1CN(C)C(=O)c1snnc1CC. The molecule has 0 aliphatic rings. The number of benzene rings is 1. The first kappa shape index (κ1) is 17.6. The van der Waals surface area contributed by atoms with Gasteiger partial charge in [-0.15, -0.1) is 5.10 Å². The van der Waals surface area contributed by atoms with Gasteiger partial charge in [-0.2, -0.15) is 0 Å². The van der Waals surface area contributed by atoms with Crippen LogP contribution < -0.4 is 0 Å². The topological polar surface area (TPSA) is 59.2 Å². The van der Waals surface area contributed by atoms with Gasteiger partial charge in [0.1, 0.15) is 16.2 Å². The second-order valence-electron chi connectivity index (χ2n) is 6.17. The van der Waals surface area contributed by atoms with Crippen molar-refractivity contribution in [2.24, 2.45) is 0 Å². The van der Waals surface area contributed by atoms with Gasteiger partial charge < -0.3 is 9.32 Å². The summed E-state index contributed by atoms with van der Waals surface area (Å²) in [6.07, 6.45) is 3.79. The van der Waals surface area contributed by atoms with Crippen LogP contribution in [0.25, 0.3) is 11.0 Å². The number of rotatable bonds is 7. The molecule has 0 radical (unpaired) electrons. The lowest BCUT2D eigenvalue weighted by Gasteiger charge is -2.17. The molecular formula is C19H23N3O2S. The Morgan fingerprint density at radius 2 is 2.08 bits per heavy atom. The first-order chi connectivity index (χ1) is 12.2. The van der Waals surface area contributed by atoms with Crippen molar-refractivity contribution in [3.8, 4) is 0 Å². The minimum Gasteiger partial charge on any atom is -0.461 e. The number of aryl methyl sites for hydroxylation is 2. The van der Waals surface area contributed by atoms with E-state index in [9.17, 15) is 4.79 Å². The second-order valence-corrected chi connectivity index (χ2v) is 6.92. The van der Waals surface area contributed by atoms with Gasteiger partial charge in [0, 0.05) is 31.0 Å². The Labute approximate surface area is 151 Å². The lowest BCUT2D eigenvalue weighted by atomic mass is 10.1. The van der Waals surface area contributed by atoms with Crippen LogP contribution in [0.2, 0.25) is 0 Å². The molecule has 0 atom stereocenters. The van der Waals surface area contributed by atoms with Crippen LogP contribution in [-0.4, -0.2) is 27.4 Å². The highest BCUT2D eigenvalue weighted by Crippen LogP contribution is 2.28. The third-order valence-corrected chi connectivity index (χ3v) is 5.12. The van der Waals surface area contributed by atoms with E-state index in [-0.39, 0.29) is 5.91 Å². The van der Waals surface area contributed by atoms with Crippen molar-refractivity contribution in [1.82, 2.24) is 14.5 Å². The summed E-state index contributed by atoms with van der Waals surface area (Å²) in [6, 6.07) is 8.03. The number of carbonyl (C=O) groups excluding carboxylic acids is 1. The van der Waals surface area contributed by atoms with E-state index in [1.807, 2.05) is 32.2 Å². The largest absolute Gasteiger partial charge is 0.461 e. The van der Waals surface area contributed by atoms with Gasteiger partial charge in [0.2, 0.25) is 0 Å². The van der Waals surface area contributed by atoms with Crippen molar-refractivity contribution in [3.05, 3.63) is 46.2 Å². The summed E-state index contributed by atoms with van der Waals surface area (Å²) in [7, 11) is 1.83. The van der Waals surface area contributed by atoms with Crippen molar-refractivity contribution in [2.75, 3.05) is 7.05 Å². The molecule has 6 heteroatoms. The summed E-state index contributed by atoms with van der Waals surface area (Å²) >= 11 is 1.17. The van der Waals surface area contributed by atoms with E-state index in [1.54, 1.807) is 4.90 Å². The summed E-state index contributed by atoms with van der Waals surface area (Å²) in [5.41, 5.74) is 2.76. The van der Waals surface area contributed by atoms with Crippen molar-refractivity contribution in [2.45, 2.75) is 46.1 Å². The number of aromatic nitrogens is 2. The van der Waals surface area contributed by atoms with Gasteiger partial charge in [-0.3, -0.25) is 4.79 Å². The normalized spacial score (nSPS) is 11.2. The van der Waals surface area contributed by atoms with Crippen LogP contribution in [0.5, 0.6) is 0 Å². The van der Waals surface area contributed by atoms with Crippen LogP contribution in [0.3, 0.4) is 0 Å². The zero-order valence-electron chi connectivity index (χ0n) is 14.9. The highest BCUT2D eigenvalue weighted by atomic mass is 32.1. The van der Waals surface area contributed by atoms with Gasteiger partial charge in [-0.05, 0) is 30.4 Å². The molecule has 0 fully saturated rings. The quantitative estimate of drug-likeness (QED) is 0.626. The maximum Gasteiger partial charge on any atom is 0.267 e. The highest BCUT2D eigenvalue weighted by molar-refractivity contribution is 7.07. The summed E-state index contributed by atoms with van der Waals surface area (Å²) in [5, 5.41) is 5.13. The first-order valence-electron chi connectivity index (χ1n) is 8.71. The summed E-state index contributed by atoms with van der Waals surface area (Å²) in [6.45, 7) is 4.68. The number of unbranched alkanes of at least 4 members (excludes halogenated alkanes) is 1. The fourth-order valence-corrected chi connectivity index (χ4v) is 3.69. The summed E-state index contributed by atoms with van der Waals surface area (Å²) < 4.78 is 9.98.